The minimum Gasteiger partial charge on any atom is -0.378 e. The van der Waals surface area contributed by atoms with Gasteiger partial charge in [0.1, 0.15) is 5.69 Å². The topological polar surface area (TPSA) is 50.6 Å². The fraction of sp³-hybridized carbons (Fsp3) is 0.158. The first-order valence-corrected chi connectivity index (χ1v) is 7.89. The highest BCUT2D eigenvalue weighted by molar-refractivity contribution is 5.87. The predicted molar refractivity (Wildman–Crippen MR) is 98.8 cm³/mol. The lowest BCUT2D eigenvalue weighted by Crippen LogP contribution is -2.34. The second-order valence-electron chi connectivity index (χ2n) is 5.78. The number of hydrogen-bond acceptors (Lipinski definition) is 4. The number of carbonyl (C=O) groups excluding carboxylic acids is 1. The molecule has 0 saturated carbocycles. The van der Waals surface area contributed by atoms with E-state index in [2.05, 4.69) is 5.10 Å². The Kier molecular flexibility index (Phi) is 4.70. The number of rotatable bonds is 4. The average Bonchev–Trinajstić information content (AvgIpc) is 3.10. The lowest BCUT2D eigenvalue weighted by atomic mass is 10.1. The van der Waals surface area contributed by atoms with Gasteiger partial charge in [0.15, 0.2) is 0 Å². The summed E-state index contributed by atoms with van der Waals surface area (Å²) in [6.07, 6.45) is 1.09. The molecule has 0 aliphatic rings. The maximum atomic E-state index is 12.4. The maximum absolute atomic E-state index is 12.4. The highest BCUT2D eigenvalue weighted by Gasteiger charge is 2.16. The number of aromatic nitrogens is 2. The highest BCUT2D eigenvalue weighted by Crippen LogP contribution is 2.22. The number of anilines is 2. The van der Waals surface area contributed by atoms with Crippen molar-refractivity contribution in [3.8, 4) is 11.3 Å². The summed E-state index contributed by atoms with van der Waals surface area (Å²) >= 11 is 0. The number of nitrogens with zero attached hydrogens (tertiary/aromatic N) is 4. The Balaban J connectivity index is 1.79. The molecule has 0 radical (unpaired) electrons. The van der Waals surface area contributed by atoms with E-state index in [-0.39, 0.29) is 0 Å². The Morgan fingerprint density at radius 2 is 1.60 bits per heavy atom. The third-order valence-electron chi connectivity index (χ3n) is 3.87. The lowest BCUT2D eigenvalue weighted by Gasteiger charge is -2.17. The van der Waals surface area contributed by atoms with Crippen LogP contribution in [0.4, 0.5) is 16.2 Å². The number of para-hydroxylation sites is 1. The first-order valence-electron chi connectivity index (χ1n) is 7.89. The van der Waals surface area contributed by atoms with Gasteiger partial charge in [0.25, 0.3) is 0 Å². The molecule has 6 nitrogen and oxygen atoms in total. The Labute approximate surface area is 146 Å². The molecule has 0 saturated heterocycles. The number of amides is 1. The summed E-state index contributed by atoms with van der Waals surface area (Å²) in [5, 5.41) is 4.10. The smallest absolute Gasteiger partial charge is 0.378 e. The Morgan fingerprint density at radius 3 is 2.24 bits per heavy atom. The molecule has 1 heterocycles. The van der Waals surface area contributed by atoms with Gasteiger partial charge in [-0.2, -0.15) is 0 Å². The molecule has 0 bridgehead atoms. The van der Waals surface area contributed by atoms with Crippen molar-refractivity contribution >= 4 is 17.5 Å². The summed E-state index contributed by atoms with van der Waals surface area (Å²) in [5.41, 5.74) is 3.46. The molecule has 128 valence electrons. The third-order valence-corrected chi connectivity index (χ3v) is 3.87. The van der Waals surface area contributed by atoms with Gasteiger partial charge >= 0.3 is 6.09 Å². The Bertz CT molecular complexity index is 841. The molecule has 0 aliphatic carbocycles. The van der Waals surface area contributed by atoms with Gasteiger partial charge in [-0.05, 0) is 30.3 Å². The van der Waals surface area contributed by atoms with Gasteiger partial charge in [-0.15, -0.1) is 5.10 Å². The van der Waals surface area contributed by atoms with E-state index >= 15 is 0 Å². The molecule has 2 aromatic carbocycles. The zero-order valence-corrected chi connectivity index (χ0v) is 14.5. The molecule has 3 aromatic rings. The first-order chi connectivity index (χ1) is 12.1. The van der Waals surface area contributed by atoms with Gasteiger partial charge in [0.05, 0.1) is 6.20 Å². The molecule has 0 atom stereocenters. The summed E-state index contributed by atoms with van der Waals surface area (Å²) in [6.45, 7) is 0. The van der Waals surface area contributed by atoms with Crippen molar-refractivity contribution in [3.63, 3.8) is 0 Å². The van der Waals surface area contributed by atoms with Crippen LogP contribution in [-0.4, -0.2) is 37.2 Å². The molecule has 0 spiro atoms. The summed E-state index contributed by atoms with van der Waals surface area (Å²) < 4.78 is 0. The van der Waals surface area contributed by atoms with E-state index in [1.165, 1.54) is 9.75 Å². The van der Waals surface area contributed by atoms with Crippen molar-refractivity contribution < 1.29 is 9.63 Å². The van der Waals surface area contributed by atoms with Crippen molar-refractivity contribution in [2.75, 3.05) is 30.9 Å². The fourth-order valence-electron chi connectivity index (χ4n) is 2.39. The predicted octanol–water partition coefficient (Wildman–Crippen LogP) is 3.30. The standard InChI is InChI=1S/C19H20N4O2/c1-21(2)16-11-9-15(10-12-16)18-13-14-20-23(18)25-19(24)22(3)17-7-5-4-6-8-17/h4-14H,1-3H3. The van der Waals surface area contributed by atoms with Crippen LogP contribution >= 0.6 is 0 Å². The number of hydrogen-bond donors (Lipinski definition) is 0. The third kappa shape index (κ3) is 3.63. The molecule has 0 aliphatic heterocycles. The van der Waals surface area contributed by atoms with Crippen molar-refractivity contribution in [2.24, 2.45) is 0 Å². The van der Waals surface area contributed by atoms with Gasteiger partial charge < -0.3 is 4.90 Å². The number of carbonyl (C=O) groups is 1. The Hall–Kier alpha value is -3.28. The summed E-state index contributed by atoms with van der Waals surface area (Å²) in [5.74, 6) is 0. The summed E-state index contributed by atoms with van der Waals surface area (Å²) in [7, 11) is 5.63. The van der Waals surface area contributed by atoms with Gasteiger partial charge in [-0.3, -0.25) is 9.74 Å². The highest BCUT2D eigenvalue weighted by atomic mass is 16.7. The molecule has 1 amide bonds. The molecular formula is C19H20N4O2. The van der Waals surface area contributed by atoms with Crippen LogP contribution in [0.25, 0.3) is 11.3 Å². The van der Waals surface area contributed by atoms with E-state index in [0.29, 0.717) is 5.69 Å². The first kappa shape index (κ1) is 16.6. The van der Waals surface area contributed by atoms with E-state index in [4.69, 9.17) is 4.84 Å². The minimum absolute atomic E-state index is 0.513. The van der Waals surface area contributed by atoms with Crippen LogP contribution in [0, 0.1) is 0 Å². The molecule has 0 fully saturated rings. The monoisotopic (exact) mass is 336 g/mol. The van der Waals surface area contributed by atoms with Crippen LogP contribution in [0.15, 0.2) is 66.9 Å². The van der Waals surface area contributed by atoms with E-state index in [0.717, 1.165) is 16.9 Å². The average molecular weight is 336 g/mol. The van der Waals surface area contributed by atoms with Crippen LogP contribution in [0.2, 0.25) is 0 Å². The zero-order valence-electron chi connectivity index (χ0n) is 14.5. The van der Waals surface area contributed by atoms with Gasteiger partial charge in [0.2, 0.25) is 0 Å². The molecule has 6 heteroatoms. The normalized spacial score (nSPS) is 10.4. The van der Waals surface area contributed by atoms with E-state index < -0.39 is 6.09 Å². The van der Waals surface area contributed by atoms with Crippen LogP contribution in [0.1, 0.15) is 0 Å². The molecular weight excluding hydrogens is 316 g/mol. The quantitative estimate of drug-likeness (QED) is 0.733. The molecule has 1 aromatic heterocycles. The molecule has 0 unspecified atom stereocenters. The second-order valence-corrected chi connectivity index (χ2v) is 5.78. The molecule has 3 rings (SSSR count). The second kappa shape index (κ2) is 7.09. The van der Waals surface area contributed by atoms with Crippen LogP contribution in [0.3, 0.4) is 0 Å². The van der Waals surface area contributed by atoms with Crippen LogP contribution in [-0.2, 0) is 0 Å². The Morgan fingerprint density at radius 1 is 0.920 bits per heavy atom. The van der Waals surface area contributed by atoms with Gasteiger partial charge in [0, 0.05) is 38.1 Å². The molecule has 0 N–H and O–H groups in total. The summed E-state index contributed by atoms with van der Waals surface area (Å²) in [6, 6.07) is 19.1. The zero-order chi connectivity index (χ0) is 17.8. The van der Waals surface area contributed by atoms with Crippen molar-refractivity contribution in [1.82, 2.24) is 9.94 Å². The van der Waals surface area contributed by atoms with Crippen LogP contribution < -0.4 is 14.6 Å². The SMILES string of the molecule is CN(C)c1ccc(-c2ccnn2OC(=O)N(C)c2ccccc2)cc1. The molecule has 25 heavy (non-hydrogen) atoms. The lowest BCUT2D eigenvalue weighted by molar-refractivity contribution is 0.126. The fourth-order valence-corrected chi connectivity index (χ4v) is 2.39. The van der Waals surface area contributed by atoms with E-state index in [1.54, 1.807) is 19.3 Å². The van der Waals surface area contributed by atoms with Crippen molar-refractivity contribution in [2.45, 2.75) is 0 Å². The van der Waals surface area contributed by atoms with Crippen LogP contribution in [0.5, 0.6) is 0 Å². The van der Waals surface area contributed by atoms with Gasteiger partial charge in [-0.1, -0.05) is 35.2 Å². The van der Waals surface area contributed by atoms with E-state index in [1.807, 2.05) is 73.6 Å². The maximum Gasteiger partial charge on any atom is 0.440 e. The summed E-state index contributed by atoms with van der Waals surface area (Å²) in [4.78, 5) is 22.5. The minimum atomic E-state index is -0.513. The number of benzene rings is 2. The van der Waals surface area contributed by atoms with Crippen molar-refractivity contribution in [3.05, 3.63) is 66.9 Å². The van der Waals surface area contributed by atoms with Crippen molar-refractivity contribution in [1.29, 1.82) is 0 Å². The largest absolute Gasteiger partial charge is 0.440 e. The van der Waals surface area contributed by atoms with E-state index in [9.17, 15) is 4.79 Å². The van der Waals surface area contributed by atoms with Gasteiger partial charge in [-0.25, -0.2) is 4.79 Å².